The smallest absolute Gasteiger partial charge is 0.319 e. The van der Waals surface area contributed by atoms with Crippen molar-refractivity contribution in [1.82, 2.24) is 5.32 Å². The number of piperidine rings is 1. The minimum Gasteiger partial charge on any atom is -0.493 e. The van der Waals surface area contributed by atoms with Crippen LogP contribution in [0, 0.1) is 0 Å². The first-order chi connectivity index (χ1) is 13.2. The van der Waals surface area contributed by atoms with Crippen LogP contribution < -0.4 is 25.0 Å². The van der Waals surface area contributed by atoms with E-state index >= 15 is 0 Å². The molecular formula is C21H27N3O3. The molecule has 0 atom stereocenters. The minimum absolute atomic E-state index is 0.176. The van der Waals surface area contributed by atoms with Gasteiger partial charge in [0.25, 0.3) is 0 Å². The van der Waals surface area contributed by atoms with Crippen LogP contribution in [0.25, 0.3) is 0 Å². The molecule has 0 spiro atoms. The van der Waals surface area contributed by atoms with Crippen LogP contribution in [0.1, 0.15) is 19.8 Å². The van der Waals surface area contributed by atoms with Crippen LogP contribution >= 0.6 is 0 Å². The highest BCUT2D eigenvalue weighted by atomic mass is 16.5. The van der Waals surface area contributed by atoms with Gasteiger partial charge in [-0.25, -0.2) is 4.79 Å². The number of benzene rings is 2. The lowest BCUT2D eigenvalue weighted by atomic mass is 10.0. The SMILES string of the molecule is CCOc1cc(NC(=O)NC2CCN(c3ccccc3)CC2)ccc1OC. The van der Waals surface area contributed by atoms with Gasteiger partial charge in [-0.2, -0.15) is 0 Å². The minimum atomic E-state index is -0.194. The number of anilines is 2. The van der Waals surface area contributed by atoms with Crippen molar-refractivity contribution in [3.63, 3.8) is 0 Å². The maximum Gasteiger partial charge on any atom is 0.319 e. The molecule has 2 aromatic carbocycles. The molecule has 3 rings (SSSR count). The highest BCUT2D eigenvalue weighted by Gasteiger charge is 2.21. The summed E-state index contributed by atoms with van der Waals surface area (Å²) >= 11 is 0. The first kappa shape index (κ1) is 18.9. The normalized spacial score (nSPS) is 14.5. The molecule has 6 nitrogen and oxygen atoms in total. The predicted molar refractivity (Wildman–Crippen MR) is 108 cm³/mol. The van der Waals surface area contributed by atoms with Gasteiger partial charge < -0.3 is 25.0 Å². The van der Waals surface area contributed by atoms with E-state index in [4.69, 9.17) is 9.47 Å². The molecule has 1 aliphatic heterocycles. The van der Waals surface area contributed by atoms with Crippen molar-refractivity contribution < 1.29 is 14.3 Å². The molecule has 1 saturated heterocycles. The summed E-state index contributed by atoms with van der Waals surface area (Å²) in [7, 11) is 1.60. The number of urea groups is 1. The summed E-state index contributed by atoms with van der Waals surface area (Å²) < 4.78 is 10.8. The molecule has 1 heterocycles. The highest BCUT2D eigenvalue weighted by molar-refractivity contribution is 5.89. The predicted octanol–water partition coefficient (Wildman–Crippen LogP) is 3.88. The maximum atomic E-state index is 12.3. The van der Waals surface area contributed by atoms with Crippen LogP contribution in [0.5, 0.6) is 11.5 Å². The molecule has 1 aliphatic rings. The highest BCUT2D eigenvalue weighted by Crippen LogP contribution is 2.30. The van der Waals surface area contributed by atoms with Crippen LogP contribution in [0.15, 0.2) is 48.5 Å². The number of nitrogens with zero attached hydrogens (tertiary/aromatic N) is 1. The Morgan fingerprint density at radius 3 is 2.52 bits per heavy atom. The Morgan fingerprint density at radius 2 is 1.85 bits per heavy atom. The van der Waals surface area contributed by atoms with Gasteiger partial charge in [0.1, 0.15) is 0 Å². The molecule has 6 heteroatoms. The third-order valence-electron chi connectivity index (χ3n) is 4.67. The van der Waals surface area contributed by atoms with Gasteiger partial charge in [-0.3, -0.25) is 0 Å². The zero-order chi connectivity index (χ0) is 19.1. The van der Waals surface area contributed by atoms with E-state index in [1.807, 2.05) is 13.0 Å². The number of para-hydroxylation sites is 1. The molecule has 0 aromatic heterocycles. The number of ether oxygens (including phenoxy) is 2. The lowest BCUT2D eigenvalue weighted by Gasteiger charge is -2.34. The second-order valence-corrected chi connectivity index (χ2v) is 6.49. The number of carbonyl (C=O) groups is 1. The Hall–Kier alpha value is -2.89. The average Bonchev–Trinajstić information content (AvgIpc) is 2.70. The topological polar surface area (TPSA) is 62.8 Å². The Bertz CT molecular complexity index is 744. The largest absolute Gasteiger partial charge is 0.493 e. The van der Waals surface area contributed by atoms with Gasteiger partial charge >= 0.3 is 6.03 Å². The lowest BCUT2D eigenvalue weighted by molar-refractivity contribution is 0.246. The molecule has 1 fully saturated rings. The zero-order valence-electron chi connectivity index (χ0n) is 15.9. The number of amides is 2. The van der Waals surface area contributed by atoms with E-state index in [0.717, 1.165) is 25.9 Å². The van der Waals surface area contributed by atoms with E-state index in [-0.39, 0.29) is 12.1 Å². The van der Waals surface area contributed by atoms with Crippen molar-refractivity contribution in [1.29, 1.82) is 0 Å². The van der Waals surface area contributed by atoms with Gasteiger partial charge in [0, 0.05) is 36.6 Å². The van der Waals surface area contributed by atoms with E-state index < -0.39 is 0 Å². The van der Waals surface area contributed by atoms with Crippen molar-refractivity contribution in [3.8, 4) is 11.5 Å². The van der Waals surface area contributed by atoms with E-state index in [2.05, 4.69) is 39.8 Å². The summed E-state index contributed by atoms with van der Waals surface area (Å²) in [4.78, 5) is 14.7. The van der Waals surface area contributed by atoms with Crippen molar-refractivity contribution in [3.05, 3.63) is 48.5 Å². The fraction of sp³-hybridized carbons (Fsp3) is 0.381. The number of hydrogen-bond donors (Lipinski definition) is 2. The molecule has 2 amide bonds. The molecule has 0 radical (unpaired) electrons. The molecule has 2 aromatic rings. The van der Waals surface area contributed by atoms with Crippen LogP contribution in [-0.2, 0) is 0 Å². The Morgan fingerprint density at radius 1 is 1.11 bits per heavy atom. The molecular weight excluding hydrogens is 342 g/mol. The average molecular weight is 369 g/mol. The van der Waals surface area contributed by atoms with E-state index in [9.17, 15) is 4.79 Å². The number of nitrogens with one attached hydrogen (secondary N) is 2. The second kappa shape index (κ2) is 9.16. The first-order valence-electron chi connectivity index (χ1n) is 9.38. The van der Waals surface area contributed by atoms with Crippen molar-refractivity contribution in [2.45, 2.75) is 25.8 Å². The maximum absolute atomic E-state index is 12.3. The summed E-state index contributed by atoms with van der Waals surface area (Å²) in [5, 5.41) is 5.95. The zero-order valence-corrected chi connectivity index (χ0v) is 15.9. The number of hydrogen-bond acceptors (Lipinski definition) is 4. The van der Waals surface area contributed by atoms with E-state index in [1.54, 1.807) is 25.3 Å². The standard InChI is InChI=1S/C21H27N3O3/c1-3-27-20-15-17(9-10-19(20)26-2)23-21(25)22-16-11-13-24(14-12-16)18-7-5-4-6-8-18/h4-10,15-16H,3,11-14H2,1-2H3,(H2,22,23,25). The van der Waals surface area contributed by atoms with Crippen molar-refractivity contribution in [2.24, 2.45) is 0 Å². The lowest BCUT2D eigenvalue weighted by Crippen LogP contribution is -2.46. The molecule has 0 unspecified atom stereocenters. The first-order valence-corrected chi connectivity index (χ1v) is 9.38. The molecule has 0 bridgehead atoms. The summed E-state index contributed by atoms with van der Waals surface area (Å²) in [5.74, 6) is 1.27. The summed E-state index contributed by atoms with van der Waals surface area (Å²) in [6.45, 7) is 4.32. The number of rotatable bonds is 6. The third-order valence-corrected chi connectivity index (χ3v) is 4.67. The van der Waals surface area contributed by atoms with Crippen LogP contribution in [0.2, 0.25) is 0 Å². The molecule has 27 heavy (non-hydrogen) atoms. The van der Waals surface area contributed by atoms with Crippen molar-refractivity contribution in [2.75, 3.05) is 37.0 Å². The fourth-order valence-corrected chi connectivity index (χ4v) is 3.30. The van der Waals surface area contributed by atoms with Crippen LogP contribution in [0.3, 0.4) is 0 Å². The fourth-order valence-electron chi connectivity index (χ4n) is 3.30. The summed E-state index contributed by atoms with van der Waals surface area (Å²) in [6, 6.07) is 15.7. The summed E-state index contributed by atoms with van der Waals surface area (Å²) in [5.41, 5.74) is 1.92. The second-order valence-electron chi connectivity index (χ2n) is 6.49. The molecule has 0 aliphatic carbocycles. The molecule has 144 valence electrons. The third kappa shape index (κ3) is 5.06. The molecule has 2 N–H and O–H groups in total. The van der Waals surface area contributed by atoms with Gasteiger partial charge in [-0.1, -0.05) is 18.2 Å². The number of carbonyl (C=O) groups excluding carboxylic acids is 1. The van der Waals surface area contributed by atoms with Gasteiger partial charge in [0.05, 0.1) is 13.7 Å². The Balaban J connectivity index is 1.51. The van der Waals surface area contributed by atoms with Crippen molar-refractivity contribution >= 4 is 17.4 Å². The Kier molecular flexibility index (Phi) is 6.41. The van der Waals surface area contributed by atoms with E-state index in [1.165, 1.54) is 5.69 Å². The van der Waals surface area contributed by atoms with Crippen LogP contribution in [0.4, 0.5) is 16.2 Å². The van der Waals surface area contributed by atoms with Gasteiger partial charge in [0.15, 0.2) is 11.5 Å². The monoisotopic (exact) mass is 369 g/mol. The molecule has 0 saturated carbocycles. The number of methoxy groups -OCH3 is 1. The van der Waals surface area contributed by atoms with Gasteiger partial charge in [-0.05, 0) is 44.0 Å². The van der Waals surface area contributed by atoms with Crippen LogP contribution in [-0.4, -0.2) is 38.9 Å². The summed E-state index contributed by atoms with van der Waals surface area (Å²) in [6.07, 6.45) is 1.85. The van der Waals surface area contributed by atoms with Gasteiger partial charge in [0.2, 0.25) is 0 Å². The van der Waals surface area contributed by atoms with E-state index in [0.29, 0.717) is 23.8 Å². The quantitative estimate of drug-likeness (QED) is 0.811. The Labute approximate surface area is 160 Å². The van der Waals surface area contributed by atoms with Gasteiger partial charge in [-0.15, -0.1) is 0 Å².